The van der Waals surface area contributed by atoms with Gasteiger partial charge in [0.2, 0.25) is 5.91 Å². The summed E-state index contributed by atoms with van der Waals surface area (Å²) in [5, 5.41) is 2.86. The van der Waals surface area contributed by atoms with Gasteiger partial charge in [0, 0.05) is 6.26 Å². The number of hydrogen-bond donors (Lipinski definition) is 2. The maximum atomic E-state index is 11.8. The van der Waals surface area contributed by atoms with Gasteiger partial charge < -0.3 is 11.1 Å². The molecular weight excluding hydrogens is 360 g/mol. The van der Waals surface area contributed by atoms with Crippen LogP contribution in [0.2, 0.25) is 0 Å². The Bertz CT molecular complexity index is 820. The highest BCUT2D eigenvalue weighted by Gasteiger charge is 2.18. The first kappa shape index (κ1) is 21.2. The van der Waals surface area contributed by atoms with Crippen LogP contribution in [0.1, 0.15) is 29.7 Å². The maximum Gasteiger partial charge on any atom is 0.234 e. The summed E-state index contributed by atoms with van der Waals surface area (Å²) in [6.45, 7) is 1.94. The number of aryl methyl sites for hydroxylation is 1. The summed E-state index contributed by atoms with van der Waals surface area (Å²) < 4.78 is 23.6. The van der Waals surface area contributed by atoms with E-state index in [9.17, 15) is 13.2 Å². The number of hydrogen-bond acceptors (Lipinski definition) is 4. The summed E-state index contributed by atoms with van der Waals surface area (Å²) in [5.74, 6) is -0.302. The van der Waals surface area contributed by atoms with Crippen molar-refractivity contribution in [2.24, 2.45) is 5.73 Å². The Morgan fingerprint density at radius 1 is 1.12 bits per heavy atom. The molecule has 0 saturated carbocycles. The molecule has 0 aliphatic heterocycles. The molecule has 0 bridgehead atoms. The quantitative estimate of drug-likeness (QED) is 0.801. The van der Waals surface area contributed by atoms with Crippen LogP contribution in [0.3, 0.4) is 0 Å². The summed E-state index contributed by atoms with van der Waals surface area (Å²) in [6.07, 6.45) is 2.08. The standard InChI is InChI=1S/C18H22N2O3S.ClH/c1-3-13-7-9-14(10-8-13)18(20-17(21)12-19)15-5-4-6-16(11-15)24(2,22)23;/h4-11,18H,3,12,19H2,1-2H3,(H,20,21);1H. The first-order valence-corrected chi connectivity index (χ1v) is 9.62. The van der Waals surface area contributed by atoms with E-state index in [2.05, 4.69) is 12.2 Å². The SMILES string of the molecule is CCc1ccc(C(NC(=O)CN)c2cccc(S(C)(=O)=O)c2)cc1.Cl. The second-order valence-electron chi connectivity index (χ2n) is 5.64. The summed E-state index contributed by atoms with van der Waals surface area (Å²) in [6, 6.07) is 14.0. The van der Waals surface area contributed by atoms with Crippen LogP contribution in [0.4, 0.5) is 0 Å². The minimum atomic E-state index is -3.32. The third kappa shape index (κ3) is 5.56. The second kappa shape index (κ2) is 8.99. The van der Waals surface area contributed by atoms with Crippen LogP contribution >= 0.6 is 12.4 Å². The molecule has 2 rings (SSSR count). The van der Waals surface area contributed by atoms with E-state index in [4.69, 9.17) is 5.73 Å². The molecule has 0 fully saturated rings. The molecule has 0 aromatic heterocycles. The van der Waals surface area contributed by atoms with Gasteiger partial charge in [0.05, 0.1) is 17.5 Å². The van der Waals surface area contributed by atoms with Gasteiger partial charge in [0.15, 0.2) is 9.84 Å². The molecule has 5 nitrogen and oxygen atoms in total. The van der Waals surface area contributed by atoms with Crippen molar-refractivity contribution in [1.29, 1.82) is 0 Å². The van der Waals surface area contributed by atoms with Crippen LogP contribution in [-0.4, -0.2) is 27.1 Å². The molecule has 7 heteroatoms. The van der Waals surface area contributed by atoms with Crippen molar-refractivity contribution in [3.63, 3.8) is 0 Å². The first-order valence-electron chi connectivity index (χ1n) is 7.73. The molecule has 25 heavy (non-hydrogen) atoms. The third-order valence-corrected chi connectivity index (χ3v) is 4.94. The van der Waals surface area contributed by atoms with E-state index in [1.807, 2.05) is 24.3 Å². The van der Waals surface area contributed by atoms with Crippen molar-refractivity contribution in [1.82, 2.24) is 5.32 Å². The lowest BCUT2D eigenvalue weighted by Gasteiger charge is -2.20. The smallest absolute Gasteiger partial charge is 0.234 e. The number of carbonyl (C=O) groups excluding carboxylic acids is 1. The van der Waals surface area contributed by atoms with Gasteiger partial charge in [-0.15, -0.1) is 12.4 Å². The fourth-order valence-electron chi connectivity index (χ4n) is 2.45. The number of rotatable bonds is 6. The van der Waals surface area contributed by atoms with Crippen LogP contribution in [0, 0.1) is 0 Å². The number of nitrogens with two attached hydrogens (primary N) is 1. The van der Waals surface area contributed by atoms with Crippen molar-refractivity contribution >= 4 is 28.2 Å². The van der Waals surface area contributed by atoms with Crippen LogP contribution in [-0.2, 0) is 21.1 Å². The van der Waals surface area contributed by atoms with Gasteiger partial charge >= 0.3 is 0 Å². The average molecular weight is 383 g/mol. The second-order valence-corrected chi connectivity index (χ2v) is 7.66. The van der Waals surface area contributed by atoms with Crippen LogP contribution in [0.15, 0.2) is 53.4 Å². The Hall–Kier alpha value is -1.89. The Morgan fingerprint density at radius 2 is 1.76 bits per heavy atom. The molecule has 2 aromatic carbocycles. The minimum Gasteiger partial charge on any atom is -0.344 e. The summed E-state index contributed by atoms with van der Waals surface area (Å²) >= 11 is 0. The molecule has 0 radical (unpaired) electrons. The molecule has 1 amide bonds. The predicted molar refractivity (Wildman–Crippen MR) is 102 cm³/mol. The molecule has 1 unspecified atom stereocenters. The lowest BCUT2D eigenvalue weighted by atomic mass is 9.97. The molecule has 136 valence electrons. The normalized spacial score (nSPS) is 12.1. The van der Waals surface area contributed by atoms with E-state index in [1.54, 1.807) is 24.3 Å². The van der Waals surface area contributed by atoms with E-state index in [1.165, 1.54) is 5.56 Å². The third-order valence-electron chi connectivity index (χ3n) is 3.83. The maximum absolute atomic E-state index is 11.8. The lowest BCUT2D eigenvalue weighted by molar-refractivity contribution is -0.120. The summed E-state index contributed by atoms with van der Waals surface area (Å²) in [4.78, 5) is 12.0. The zero-order valence-electron chi connectivity index (χ0n) is 14.2. The molecule has 2 aromatic rings. The van der Waals surface area contributed by atoms with Crippen molar-refractivity contribution in [3.8, 4) is 0 Å². The van der Waals surface area contributed by atoms with E-state index in [-0.39, 0.29) is 29.8 Å². The lowest BCUT2D eigenvalue weighted by Crippen LogP contribution is -2.34. The van der Waals surface area contributed by atoms with Crippen molar-refractivity contribution in [3.05, 3.63) is 65.2 Å². The van der Waals surface area contributed by atoms with E-state index in [0.29, 0.717) is 5.56 Å². The Morgan fingerprint density at radius 3 is 2.28 bits per heavy atom. The molecule has 0 saturated heterocycles. The first-order chi connectivity index (χ1) is 11.3. The zero-order chi connectivity index (χ0) is 17.7. The van der Waals surface area contributed by atoms with Gasteiger partial charge in [-0.3, -0.25) is 4.79 Å². The highest BCUT2D eigenvalue weighted by molar-refractivity contribution is 7.90. The predicted octanol–water partition coefficient (Wildman–Crippen LogP) is 2.24. The van der Waals surface area contributed by atoms with E-state index < -0.39 is 15.9 Å². The highest BCUT2D eigenvalue weighted by Crippen LogP contribution is 2.25. The fraction of sp³-hybridized carbons (Fsp3) is 0.278. The molecular formula is C18H23ClN2O3S. The number of halogens is 1. The number of amides is 1. The topological polar surface area (TPSA) is 89.3 Å². The zero-order valence-corrected chi connectivity index (χ0v) is 15.9. The fourth-order valence-corrected chi connectivity index (χ4v) is 3.13. The van der Waals surface area contributed by atoms with E-state index >= 15 is 0 Å². The molecule has 0 aliphatic carbocycles. The number of nitrogens with one attached hydrogen (secondary N) is 1. The van der Waals surface area contributed by atoms with Gasteiger partial charge in [-0.05, 0) is 35.2 Å². The minimum absolute atomic E-state index is 0. The molecule has 1 atom stereocenters. The number of benzene rings is 2. The largest absolute Gasteiger partial charge is 0.344 e. The van der Waals surface area contributed by atoms with Crippen LogP contribution in [0.25, 0.3) is 0 Å². The van der Waals surface area contributed by atoms with Crippen molar-refractivity contribution < 1.29 is 13.2 Å². The van der Waals surface area contributed by atoms with Gasteiger partial charge in [-0.1, -0.05) is 43.3 Å². The number of sulfone groups is 1. The van der Waals surface area contributed by atoms with Crippen molar-refractivity contribution in [2.75, 3.05) is 12.8 Å². The summed E-state index contributed by atoms with van der Waals surface area (Å²) in [7, 11) is -3.32. The van der Waals surface area contributed by atoms with Crippen molar-refractivity contribution in [2.45, 2.75) is 24.3 Å². The molecule has 3 N–H and O–H groups in total. The van der Waals surface area contributed by atoms with Crippen LogP contribution < -0.4 is 11.1 Å². The van der Waals surface area contributed by atoms with Gasteiger partial charge in [-0.25, -0.2) is 8.42 Å². The number of carbonyl (C=O) groups is 1. The molecule has 0 heterocycles. The highest BCUT2D eigenvalue weighted by atomic mass is 35.5. The Balaban J connectivity index is 0.00000312. The van der Waals surface area contributed by atoms with Crippen LogP contribution in [0.5, 0.6) is 0 Å². The van der Waals surface area contributed by atoms with Gasteiger partial charge in [0.1, 0.15) is 0 Å². The average Bonchev–Trinajstić information content (AvgIpc) is 2.59. The van der Waals surface area contributed by atoms with Gasteiger partial charge in [0.25, 0.3) is 0 Å². The van der Waals surface area contributed by atoms with Gasteiger partial charge in [-0.2, -0.15) is 0 Å². The Labute approximate surface area is 155 Å². The summed E-state index contributed by atoms with van der Waals surface area (Å²) in [5.41, 5.74) is 8.17. The van der Waals surface area contributed by atoms with E-state index in [0.717, 1.165) is 18.2 Å². The monoisotopic (exact) mass is 382 g/mol. The molecule has 0 aliphatic rings. The Kier molecular flexibility index (Phi) is 7.60. The molecule has 0 spiro atoms.